The molecule has 0 aliphatic rings. The number of halogens is 1. The number of aliphatic hydroxyl groups excluding tert-OH is 1. The van der Waals surface area contributed by atoms with Crippen molar-refractivity contribution < 1.29 is 14.6 Å². The monoisotopic (exact) mass is 385 g/mol. The molecule has 3 N–H and O–H groups in total. The lowest BCUT2D eigenvalue weighted by Crippen LogP contribution is -2.39. The van der Waals surface area contributed by atoms with E-state index in [4.69, 9.17) is 21.1 Å². The van der Waals surface area contributed by atoms with E-state index < -0.39 is 6.10 Å². The van der Waals surface area contributed by atoms with Crippen LogP contribution in [0.4, 0.5) is 0 Å². The van der Waals surface area contributed by atoms with Crippen LogP contribution < -0.4 is 10.6 Å². The van der Waals surface area contributed by atoms with E-state index in [1.165, 1.54) is 0 Å². The van der Waals surface area contributed by atoms with Crippen molar-refractivity contribution in [2.45, 2.75) is 32.8 Å². The summed E-state index contributed by atoms with van der Waals surface area (Å²) in [5.74, 6) is 0.656. The third-order valence-corrected chi connectivity index (χ3v) is 3.83. The standard InChI is InChI=1S/C19H32ClN3O3/c1-3-5-11-25-13-14-26-12-10-22-19(21-4-2)23-15-18(24)16-6-8-17(20)9-7-16/h6-9,18,24H,3-5,10-15H2,1-2H3,(H2,21,22,23). The van der Waals surface area contributed by atoms with Gasteiger partial charge in [0.2, 0.25) is 0 Å². The lowest BCUT2D eigenvalue weighted by atomic mass is 10.1. The van der Waals surface area contributed by atoms with Crippen molar-refractivity contribution >= 4 is 17.6 Å². The van der Waals surface area contributed by atoms with Crippen LogP contribution in [-0.2, 0) is 9.47 Å². The first-order chi connectivity index (χ1) is 12.7. The van der Waals surface area contributed by atoms with E-state index >= 15 is 0 Å². The lowest BCUT2D eigenvalue weighted by molar-refractivity contribution is 0.0487. The van der Waals surface area contributed by atoms with Crippen molar-refractivity contribution in [2.24, 2.45) is 4.99 Å². The minimum absolute atomic E-state index is 0.267. The molecule has 0 saturated heterocycles. The number of rotatable bonds is 13. The summed E-state index contributed by atoms with van der Waals surface area (Å²) in [4.78, 5) is 4.41. The van der Waals surface area contributed by atoms with Gasteiger partial charge in [-0.2, -0.15) is 0 Å². The summed E-state index contributed by atoms with van der Waals surface area (Å²) in [6.45, 7) is 8.37. The third-order valence-electron chi connectivity index (χ3n) is 3.57. The Kier molecular flexibility index (Phi) is 12.9. The first-order valence-corrected chi connectivity index (χ1v) is 9.66. The summed E-state index contributed by atoms with van der Waals surface area (Å²) in [7, 11) is 0. The quantitative estimate of drug-likeness (QED) is 0.276. The van der Waals surface area contributed by atoms with Gasteiger partial charge in [-0.15, -0.1) is 0 Å². The number of aliphatic hydroxyl groups is 1. The second-order valence-electron chi connectivity index (χ2n) is 5.79. The number of unbranched alkanes of at least 4 members (excludes halogenated alkanes) is 1. The van der Waals surface area contributed by atoms with Gasteiger partial charge in [0.15, 0.2) is 5.96 Å². The Morgan fingerprint density at radius 3 is 2.42 bits per heavy atom. The molecule has 0 saturated carbocycles. The molecule has 1 aromatic rings. The van der Waals surface area contributed by atoms with E-state index in [9.17, 15) is 5.11 Å². The summed E-state index contributed by atoms with van der Waals surface area (Å²) >= 11 is 5.86. The number of hydrogen-bond acceptors (Lipinski definition) is 4. The van der Waals surface area contributed by atoms with E-state index in [1.807, 2.05) is 6.92 Å². The number of ether oxygens (including phenoxy) is 2. The normalized spacial score (nSPS) is 12.8. The average Bonchev–Trinajstić information content (AvgIpc) is 2.65. The Labute approximate surface area is 161 Å². The number of hydrogen-bond donors (Lipinski definition) is 3. The minimum Gasteiger partial charge on any atom is -0.386 e. The average molecular weight is 386 g/mol. The molecule has 0 radical (unpaired) electrons. The molecular weight excluding hydrogens is 354 g/mol. The number of guanidine groups is 1. The number of benzene rings is 1. The first kappa shape index (κ1) is 22.7. The molecule has 7 heteroatoms. The zero-order valence-corrected chi connectivity index (χ0v) is 16.6. The Bertz CT molecular complexity index is 497. The zero-order chi connectivity index (χ0) is 19.0. The lowest BCUT2D eigenvalue weighted by Gasteiger charge is -2.13. The van der Waals surface area contributed by atoms with Crippen LogP contribution in [0.15, 0.2) is 29.3 Å². The van der Waals surface area contributed by atoms with Gasteiger partial charge >= 0.3 is 0 Å². The van der Waals surface area contributed by atoms with Gasteiger partial charge in [0, 0.05) is 24.7 Å². The highest BCUT2D eigenvalue weighted by Gasteiger charge is 2.07. The van der Waals surface area contributed by atoms with Gasteiger partial charge in [0.05, 0.1) is 32.5 Å². The predicted molar refractivity (Wildman–Crippen MR) is 107 cm³/mol. The highest BCUT2D eigenvalue weighted by Crippen LogP contribution is 2.16. The second kappa shape index (κ2) is 14.8. The van der Waals surface area contributed by atoms with Crippen LogP contribution in [0.25, 0.3) is 0 Å². The highest BCUT2D eigenvalue weighted by atomic mass is 35.5. The smallest absolute Gasteiger partial charge is 0.191 e. The number of nitrogens with zero attached hydrogens (tertiary/aromatic N) is 1. The number of nitrogens with one attached hydrogen (secondary N) is 2. The Balaban J connectivity index is 2.25. The van der Waals surface area contributed by atoms with Crippen molar-refractivity contribution in [1.82, 2.24) is 10.6 Å². The molecule has 148 valence electrons. The molecule has 0 fully saturated rings. The molecule has 0 amide bonds. The van der Waals surface area contributed by atoms with Crippen molar-refractivity contribution in [3.05, 3.63) is 34.9 Å². The predicted octanol–water partition coefficient (Wildman–Crippen LogP) is 2.76. The molecule has 1 unspecified atom stereocenters. The third kappa shape index (κ3) is 10.6. The zero-order valence-electron chi connectivity index (χ0n) is 15.8. The fraction of sp³-hybridized carbons (Fsp3) is 0.632. The van der Waals surface area contributed by atoms with Gasteiger partial charge in [0.25, 0.3) is 0 Å². The van der Waals surface area contributed by atoms with Crippen LogP contribution in [0.5, 0.6) is 0 Å². The van der Waals surface area contributed by atoms with Crippen molar-refractivity contribution in [3.8, 4) is 0 Å². The largest absolute Gasteiger partial charge is 0.386 e. The Morgan fingerprint density at radius 1 is 1.08 bits per heavy atom. The van der Waals surface area contributed by atoms with Crippen LogP contribution >= 0.6 is 11.6 Å². The van der Waals surface area contributed by atoms with E-state index in [-0.39, 0.29) is 6.54 Å². The SMILES string of the molecule is CCCCOCCOCCNC(=NCC(O)c1ccc(Cl)cc1)NCC. The van der Waals surface area contributed by atoms with Crippen LogP contribution in [0.2, 0.25) is 5.02 Å². The fourth-order valence-electron chi connectivity index (χ4n) is 2.12. The van der Waals surface area contributed by atoms with Crippen LogP contribution in [0, 0.1) is 0 Å². The van der Waals surface area contributed by atoms with Gasteiger partial charge in [-0.3, -0.25) is 4.99 Å². The maximum Gasteiger partial charge on any atom is 0.191 e. The summed E-state index contributed by atoms with van der Waals surface area (Å²) in [5, 5.41) is 17.2. The van der Waals surface area contributed by atoms with Crippen LogP contribution in [0.3, 0.4) is 0 Å². The van der Waals surface area contributed by atoms with Gasteiger partial charge in [0.1, 0.15) is 0 Å². The maximum atomic E-state index is 10.2. The molecule has 0 aromatic heterocycles. The van der Waals surface area contributed by atoms with Gasteiger partial charge in [-0.1, -0.05) is 37.1 Å². The molecule has 6 nitrogen and oxygen atoms in total. The highest BCUT2D eigenvalue weighted by molar-refractivity contribution is 6.30. The molecule has 0 spiro atoms. The maximum absolute atomic E-state index is 10.2. The molecule has 1 rings (SSSR count). The van der Waals surface area contributed by atoms with E-state index in [0.29, 0.717) is 37.3 Å². The van der Waals surface area contributed by atoms with Crippen molar-refractivity contribution in [3.63, 3.8) is 0 Å². The topological polar surface area (TPSA) is 75.1 Å². The molecule has 0 bridgehead atoms. The van der Waals surface area contributed by atoms with Crippen LogP contribution in [0.1, 0.15) is 38.4 Å². The van der Waals surface area contributed by atoms with E-state index in [1.54, 1.807) is 24.3 Å². The van der Waals surface area contributed by atoms with Gasteiger partial charge < -0.3 is 25.2 Å². The summed E-state index contributed by atoms with van der Waals surface area (Å²) in [5.41, 5.74) is 0.792. The van der Waals surface area contributed by atoms with Crippen LogP contribution in [-0.4, -0.2) is 57.1 Å². The summed E-state index contributed by atoms with van der Waals surface area (Å²) in [6, 6.07) is 7.13. The van der Waals surface area contributed by atoms with E-state index in [2.05, 4.69) is 22.5 Å². The fourth-order valence-corrected chi connectivity index (χ4v) is 2.25. The summed E-state index contributed by atoms with van der Waals surface area (Å²) in [6.07, 6.45) is 1.56. The molecule has 26 heavy (non-hydrogen) atoms. The number of aliphatic imine (C=N–C) groups is 1. The summed E-state index contributed by atoms with van der Waals surface area (Å²) < 4.78 is 11.0. The molecular formula is C19H32ClN3O3. The van der Waals surface area contributed by atoms with Crippen molar-refractivity contribution in [1.29, 1.82) is 0 Å². The molecule has 1 aromatic carbocycles. The van der Waals surface area contributed by atoms with Gasteiger partial charge in [-0.05, 0) is 31.0 Å². The molecule has 1 atom stereocenters. The molecule has 0 aliphatic carbocycles. The first-order valence-electron chi connectivity index (χ1n) is 9.28. The minimum atomic E-state index is -0.667. The molecule has 0 aliphatic heterocycles. The van der Waals surface area contributed by atoms with Crippen molar-refractivity contribution in [2.75, 3.05) is 46.1 Å². The Hall–Kier alpha value is -1.34. The van der Waals surface area contributed by atoms with E-state index in [0.717, 1.165) is 31.6 Å². The molecule has 0 heterocycles. The Morgan fingerprint density at radius 2 is 1.77 bits per heavy atom. The second-order valence-corrected chi connectivity index (χ2v) is 6.23. The van der Waals surface area contributed by atoms with Gasteiger partial charge in [-0.25, -0.2) is 0 Å².